The van der Waals surface area contributed by atoms with Crippen molar-refractivity contribution in [2.75, 3.05) is 26.2 Å². The van der Waals surface area contributed by atoms with E-state index in [1.165, 1.54) is 4.31 Å². The summed E-state index contributed by atoms with van der Waals surface area (Å²) in [4.78, 5) is 0.303. The summed E-state index contributed by atoms with van der Waals surface area (Å²) in [5, 5.41) is 12.0. The van der Waals surface area contributed by atoms with Crippen molar-refractivity contribution in [3.05, 3.63) is 29.8 Å². The molecule has 0 amide bonds. The molecule has 6 heteroatoms. The zero-order valence-electron chi connectivity index (χ0n) is 12.2. The normalized spacial score (nSPS) is 12.0. The summed E-state index contributed by atoms with van der Waals surface area (Å²) in [5.41, 5.74) is 1.06. The molecule has 0 atom stereocenters. The van der Waals surface area contributed by atoms with Crippen LogP contribution in [0, 0.1) is 0 Å². The highest BCUT2D eigenvalue weighted by molar-refractivity contribution is 7.89. The lowest BCUT2D eigenvalue weighted by Gasteiger charge is -2.20. The molecule has 5 nitrogen and oxygen atoms in total. The topological polar surface area (TPSA) is 69.6 Å². The summed E-state index contributed by atoms with van der Waals surface area (Å²) in [6.07, 6.45) is 0.450. The first kappa shape index (κ1) is 17.1. The van der Waals surface area contributed by atoms with Crippen molar-refractivity contribution in [2.45, 2.75) is 31.7 Å². The average Bonchev–Trinajstić information content (AvgIpc) is 2.46. The SMILES string of the molecule is CCNCc1ccc(S(=O)(=O)N(CC)CCCO)cc1. The van der Waals surface area contributed by atoms with Gasteiger partial charge in [0, 0.05) is 26.2 Å². The summed E-state index contributed by atoms with van der Waals surface area (Å²) in [5.74, 6) is 0. The van der Waals surface area contributed by atoms with Crippen molar-refractivity contribution in [2.24, 2.45) is 0 Å². The van der Waals surface area contributed by atoms with E-state index in [0.29, 0.717) is 24.4 Å². The fourth-order valence-corrected chi connectivity index (χ4v) is 3.38. The van der Waals surface area contributed by atoms with Crippen molar-refractivity contribution < 1.29 is 13.5 Å². The molecule has 0 bridgehead atoms. The molecule has 0 unspecified atom stereocenters. The molecular formula is C14H24N2O3S. The van der Waals surface area contributed by atoms with E-state index in [-0.39, 0.29) is 6.61 Å². The van der Waals surface area contributed by atoms with Gasteiger partial charge < -0.3 is 10.4 Å². The number of benzene rings is 1. The van der Waals surface area contributed by atoms with Gasteiger partial charge in [0.1, 0.15) is 0 Å². The van der Waals surface area contributed by atoms with Gasteiger partial charge in [0.2, 0.25) is 10.0 Å². The summed E-state index contributed by atoms with van der Waals surface area (Å²) in [6.45, 7) is 6.18. The third-order valence-corrected chi connectivity index (χ3v) is 5.05. The maximum Gasteiger partial charge on any atom is 0.243 e. The number of sulfonamides is 1. The predicted octanol–water partition coefficient (Wildman–Crippen LogP) is 1.19. The highest BCUT2D eigenvalue weighted by Gasteiger charge is 2.22. The van der Waals surface area contributed by atoms with E-state index >= 15 is 0 Å². The molecule has 0 aromatic heterocycles. The van der Waals surface area contributed by atoms with Crippen LogP contribution in [0.1, 0.15) is 25.8 Å². The zero-order chi connectivity index (χ0) is 15.0. The molecule has 0 heterocycles. The third-order valence-electron chi connectivity index (χ3n) is 3.06. The number of hydrogen-bond donors (Lipinski definition) is 2. The van der Waals surface area contributed by atoms with Crippen LogP contribution in [0.2, 0.25) is 0 Å². The average molecular weight is 300 g/mol. The molecule has 20 heavy (non-hydrogen) atoms. The van der Waals surface area contributed by atoms with Gasteiger partial charge in [-0.3, -0.25) is 0 Å². The Labute approximate surface area is 121 Å². The van der Waals surface area contributed by atoms with Gasteiger partial charge in [0.15, 0.2) is 0 Å². The third kappa shape index (κ3) is 4.56. The smallest absolute Gasteiger partial charge is 0.243 e. The lowest BCUT2D eigenvalue weighted by molar-refractivity contribution is 0.271. The maximum atomic E-state index is 12.4. The van der Waals surface area contributed by atoms with E-state index in [2.05, 4.69) is 5.32 Å². The van der Waals surface area contributed by atoms with Crippen LogP contribution < -0.4 is 5.32 Å². The van der Waals surface area contributed by atoms with Gasteiger partial charge >= 0.3 is 0 Å². The minimum Gasteiger partial charge on any atom is -0.396 e. The van der Waals surface area contributed by atoms with Gasteiger partial charge in [-0.15, -0.1) is 0 Å². The number of rotatable bonds is 9. The molecule has 0 aliphatic rings. The van der Waals surface area contributed by atoms with Crippen LogP contribution in [0.4, 0.5) is 0 Å². The second-order valence-corrected chi connectivity index (χ2v) is 6.44. The monoisotopic (exact) mass is 300 g/mol. The van der Waals surface area contributed by atoms with Gasteiger partial charge in [-0.05, 0) is 30.7 Å². The summed E-state index contributed by atoms with van der Waals surface area (Å²) < 4.78 is 26.2. The number of nitrogens with zero attached hydrogens (tertiary/aromatic N) is 1. The van der Waals surface area contributed by atoms with Crippen molar-refractivity contribution in [1.29, 1.82) is 0 Å². The Morgan fingerprint density at radius 2 is 1.85 bits per heavy atom. The fraction of sp³-hybridized carbons (Fsp3) is 0.571. The van der Waals surface area contributed by atoms with Crippen LogP contribution in [-0.4, -0.2) is 44.1 Å². The summed E-state index contributed by atoms with van der Waals surface area (Å²) >= 11 is 0. The molecule has 0 aliphatic heterocycles. The first-order chi connectivity index (χ1) is 9.56. The molecular weight excluding hydrogens is 276 g/mol. The highest BCUT2D eigenvalue weighted by Crippen LogP contribution is 2.16. The minimum absolute atomic E-state index is 0.00630. The Morgan fingerprint density at radius 3 is 2.35 bits per heavy atom. The second-order valence-electron chi connectivity index (χ2n) is 4.50. The summed E-state index contributed by atoms with van der Waals surface area (Å²) in [7, 11) is -3.46. The van der Waals surface area contributed by atoms with Gasteiger partial charge in [0.05, 0.1) is 4.90 Å². The van der Waals surface area contributed by atoms with Gasteiger partial charge in [-0.2, -0.15) is 4.31 Å². The Balaban J connectivity index is 2.85. The Hall–Kier alpha value is -0.950. The Morgan fingerprint density at radius 1 is 1.20 bits per heavy atom. The molecule has 1 rings (SSSR count). The van der Waals surface area contributed by atoms with E-state index in [1.807, 2.05) is 19.1 Å². The minimum atomic E-state index is -3.46. The molecule has 0 radical (unpaired) electrons. The van der Waals surface area contributed by atoms with Crippen molar-refractivity contribution in [1.82, 2.24) is 9.62 Å². The largest absolute Gasteiger partial charge is 0.396 e. The standard InChI is InChI=1S/C14H24N2O3S/c1-3-15-12-13-6-8-14(9-7-13)20(18,19)16(4-2)10-5-11-17/h6-9,15,17H,3-5,10-12H2,1-2H3. The molecule has 0 saturated heterocycles. The quantitative estimate of drug-likeness (QED) is 0.719. The van der Waals surface area contributed by atoms with E-state index < -0.39 is 10.0 Å². The van der Waals surface area contributed by atoms with Crippen molar-refractivity contribution in [3.8, 4) is 0 Å². The van der Waals surface area contributed by atoms with Gasteiger partial charge in [-0.1, -0.05) is 26.0 Å². The molecule has 0 saturated carbocycles. The molecule has 1 aromatic rings. The number of aliphatic hydroxyl groups excluding tert-OH is 1. The maximum absolute atomic E-state index is 12.4. The van der Waals surface area contributed by atoms with E-state index in [9.17, 15) is 8.42 Å². The molecule has 0 fully saturated rings. The van der Waals surface area contributed by atoms with E-state index in [1.54, 1.807) is 19.1 Å². The molecule has 0 spiro atoms. The van der Waals surface area contributed by atoms with Crippen LogP contribution >= 0.6 is 0 Å². The lowest BCUT2D eigenvalue weighted by Crippen LogP contribution is -2.32. The Bertz CT molecular complexity index is 486. The number of hydrogen-bond acceptors (Lipinski definition) is 4. The van der Waals surface area contributed by atoms with Crippen LogP contribution in [0.25, 0.3) is 0 Å². The zero-order valence-corrected chi connectivity index (χ0v) is 13.0. The predicted molar refractivity (Wildman–Crippen MR) is 80.0 cm³/mol. The number of aliphatic hydroxyl groups is 1. The molecule has 2 N–H and O–H groups in total. The first-order valence-corrected chi connectivity index (χ1v) is 8.41. The highest BCUT2D eigenvalue weighted by atomic mass is 32.2. The van der Waals surface area contributed by atoms with Crippen LogP contribution in [0.3, 0.4) is 0 Å². The van der Waals surface area contributed by atoms with Crippen molar-refractivity contribution >= 4 is 10.0 Å². The second kappa shape index (κ2) is 8.36. The van der Waals surface area contributed by atoms with Crippen LogP contribution in [0.5, 0.6) is 0 Å². The lowest BCUT2D eigenvalue weighted by atomic mass is 10.2. The molecule has 1 aromatic carbocycles. The molecule has 114 valence electrons. The van der Waals surface area contributed by atoms with E-state index in [0.717, 1.165) is 18.7 Å². The summed E-state index contributed by atoms with van der Waals surface area (Å²) in [6, 6.07) is 6.94. The van der Waals surface area contributed by atoms with E-state index in [4.69, 9.17) is 5.11 Å². The van der Waals surface area contributed by atoms with Crippen molar-refractivity contribution in [3.63, 3.8) is 0 Å². The van der Waals surface area contributed by atoms with Gasteiger partial charge in [0.25, 0.3) is 0 Å². The number of nitrogens with one attached hydrogen (secondary N) is 1. The van der Waals surface area contributed by atoms with Gasteiger partial charge in [-0.25, -0.2) is 8.42 Å². The fourth-order valence-electron chi connectivity index (χ4n) is 1.89. The Kier molecular flexibility index (Phi) is 7.15. The van der Waals surface area contributed by atoms with Crippen LogP contribution in [0.15, 0.2) is 29.2 Å². The molecule has 0 aliphatic carbocycles. The van der Waals surface area contributed by atoms with Crippen LogP contribution in [-0.2, 0) is 16.6 Å². The first-order valence-electron chi connectivity index (χ1n) is 6.96.